The molecule has 0 aliphatic rings. The van der Waals surface area contributed by atoms with Gasteiger partial charge in [-0.25, -0.2) is 9.78 Å². The first-order valence-electron chi connectivity index (χ1n) is 7.59. The van der Waals surface area contributed by atoms with E-state index >= 15 is 0 Å². The molecule has 27 heavy (non-hydrogen) atoms. The van der Waals surface area contributed by atoms with Crippen LogP contribution in [0.25, 0.3) is 6.08 Å². The minimum Gasteiger partial charge on any atom is -0.415 e. The number of nitrogens with zero attached hydrogens (tertiary/aromatic N) is 1. The van der Waals surface area contributed by atoms with Crippen LogP contribution in [-0.4, -0.2) is 36.9 Å². The number of nitrogens with two attached hydrogens (primary N) is 1. The third-order valence-corrected chi connectivity index (χ3v) is 6.17. The summed E-state index contributed by atoms with van der Waals surface area (Å²) in [5.74, 6) is -0.960. The van der Waals surface area contributed by atoms with Gasteiger partial charge in [0.2, 0.25) is 0 Å². The Kier molecular flexibility index (Phi) is 7.91. The maximum Gasteiger partial charge on any atom is 0.350 e. The second kappa shape index (κ2) is 9.94. The molecule has 0 saturated carbocycles. The fourth-order valence-electron chi connectivity index (χ4n) is 2.01. The first kappa shape index (κ1) is 21.5. The summed E-state index contributed by atoms with van der Waals surface area (Å²) in [5.41, 5.74) is 5.49. The van der Waals surface area contributed by atoms with E-state index in [1.165, 1.54) is 19.3 Å². The first-order chi connectivity index (χ1) is 12.8. The zero-order valence-electron chi connectivity index (χ0n) is 14.1. The highest BCUT2D eigenvalue weighted by Gasteiger charge is 2.19. The Morgan fingerprint density at radius 3 is 2.81 bits per heavy atom. The van der Waals surface area contributed by atoms with E-state index in [9.17, 15) is 14.4 Å². The molecule has 142 valence electrons. The number of amides is 1. The number of anilines is 1. The Morgan fingerprint density at radius 1 is 1.37 bits per heavy atom. The molecule has 8 nitrogen and oxygen atoms in total. The van der Waals surface area contributed by atoms with Gasteiger partial charge in [0, 0.05) is 36.2 Å². The maximum absolute atomic E-state index is 12.4. The SMILES string of the molecule is COCCNC(=O)c1cccc(C=CC(=O)c2c(N)c(I)c(I)oc2=O)n1. The molecule has 0 radical (unpaired) electrons. The number of carbonyl (C=O) groups excluding carboxylic acids is 2. The summed E-state index contributed by atoms with van der Waals surface area (Å²) in [6.07, 6.45) is 2.57. The van der Waals surface area contributed by atoms with Gasteiger partial charge in [0.25, 0.3) is 5.91 Å². The van der Waals surface area contributed by atoms with Gasteiger partial charge in [0.05, 0.1) is 21.6 Å². The van der Waals surface area contributed by atoms with Gasteiger partial charge < -0.3 is 20.2 Å². The quantitative estimate of drug-likeness (QED) is 0.218. The number of ketones is 1. The summed E-state index contributed by atoms with van der Waals surface area (Å²) in [5, 5.41) is 2.65. The van der Waals surface area contributed by atoms with E-state index < -0.39 is 11.4 Å². The number of carbonyl (C=O) groups is 2. The van der Waals surface area contributed by atoms with Crippen LogP contribution in [0.5, 0.6) is 0 Å². The van der Waals surface area contributed by atoms with Crippen molar-refractivity contribution in [3.05, 3.63) is 59.0 Å². The van der Waals surface area contributed by atoms with Crippen LogP contribution >= 0.6 is 45.2 Å². The van der Waals surface area contributed by atoms with Crippen molar-refractivity contribution in [1.29, 1.82) is 0 Å². The van der Waals surface area contributed by atoms with Crippen molar-refractivity contribution in [2.45, 2.75) is 0 Å². The number of rotatable bonds is 7. The summed E-state index contributed by atoms with van der Waals surface area (Å²) in [6, 6.07) is 4.81. The van der Waals surface area contributed by atoms with Crippen LogP contribution in [0.2, 0.25) is 0 Å². The van der Waals surface area contributed by atoms with Gasteiger partial charge in [0.15, 0.2) is 9.55 Å². The van der Waals surface area contributed by atoms with Crippen molar-refractivity contribution in [3.63, 3.8) is 0 Å². The molecule has 0 spiro atoms. The Hall–Kier alpha value is -1.80. The number of nitrogen functional groups attached to an aromatic ring is 1. The van der Waals surface area contributed by atoms with Gasteiger partial charge in [-0.3, -0.25) is 9.59 Å². The number of pyridine rings is 1. The molecule has 2 aromatic rings. The second-order valence-corrected chi connectivity index (χ2v) is 7.22. The highest BCUT2D eigenvalue weighted by Crippen LogP contribution is 2.23. The fourth-order valence-corrected chi connectivity index (χ4v) is 2.88. The molecule has 0 aromatic carbocycles. The van der Waals surface area contributed by atoms with Gasteiger partial charge >= 0.3 is 5.63 Å². The van der Waals surface area contributed by atoms with Gasteiger partial charge in [-0.2, -0.15) is 0 Å². The van der Waals surface area contributed by atoms with Gasteiger partial charge in [-0.15, -0.1) is 0 Å². The predicted molar refractivity (Wildman–Crippen MR) is 117 cm³/mol. The lowest BCUT2D eigenvalue weighted by molar-refractivity contribution is 0.0931. The van der Waals surface area contributed by atoms with Crippen LogP contribution in [-0.2, 0) is 4.74 Å². The van der Waals surface area contributed by atoms with E-state index in [1.807, 2.05) is 45.2 Å². The van der Waals surface area contributed by atoms with Crippen LogP contribution in [0.15, 0.2) is 33.5 Å². The molecule has 10 heteroatoms. The topological polar surface area (TPSA) is 125 Å². The van der Waals surface area contributed by atoms with Crippen LogP contribution in [0.3, 0.4) is 0 Å². The Labute approximate surface area is 181 Å². The Balaban J connectivity index is 2.20. The molecule has 0 bridgehead atoms. The summed E-state index contributed by atoms with van der Waals surface area (Å²) in [7, 11) is 1.54. The van der Waals surface area contributed by atoms with Crippen molar-refractivity contribution in [3.8, 4) is 0 Å². The minimum atomic E-state index is -0.800. The Morgan fingerprint density at radius 2 is 2.11 bits per heavy atom. The van der Waals surface area contributed by atoms with Crippen molar-refractivity contribution in [1.82, 2.24) is 10.3 Å². The van der Waals surface area contributed by atoms with Gasteiger partial charge in [-0.1, -0.05) is 6.07 Å². The lowest BCUT2D eigenvalue weighted by atomic mass is 10.1. The monoisotopic (exact) mass is 595 g/mol. The average Bonchev–Trinajstić information content (AvgIpc) is 2.65. The summed E-state index contributed by atoms with van der Waals surface area (Å²) >= 11 is 3.73. The molecule has 0 aliphatic carbocycles. The van der Waals surface area contributed by atoms with Crippen LogP contribution in [0.4, 0.5) is 5.69 Å². The van der Waals surface area contributed by atoms with Crippen LogP contribution < -0.4 is 16.7 Å². The molecule has 0 fully saturated rings. The highest BCUT2D eigenvalue weighted by atomic mass is 127. The zero-order chi connectivity index (χ0) is 20.0. The van der Waals surface area contributed by atoms with E-state index in [1.54, 1.807) is 18.2 Å². The lowest BCUT2D eigenvalue weighted by Crippen LogP contribution is -2.27. The summed E-state index contributed by atoms with van der Waals surface area (Å²) < 4.78 is 10.7. The van der Waals surface area contributed by atoms with Crippen molar-refractivity contribution in [2.24, 2.45) is 0 Å². The Bertz CT molecular complexity index is 956. The van der Waals surface area contributed by atoms with E-state index in [2.05, 4.69) is 10.3 Å². The lowest BCUT2D eigenvalue weighted by Gasteiger charge is -2.05. The van der Waals surface area contributed by atoms with Crippen LogP contribution in [0.1, 0.15) is 26.5 Å². The largest absolute Gasteiger partial charge is 0.415 e. The number of hydrogen-bond acceptors (Lipinski definition) is 7. The van der Waals surface area contributed by atoms with Gasteiger partial charge in [0.1, 0.15) is 11.3 Å². The van der Waals surface area contributed by atoms with E-state index in [-0.39, 0.29) is 22.9 Å². The molecule has 0 atom stereocenters. The molecule has 0 aliphatic heterocycles. The second-order valence-electron chi connectivity index (χ2n) is 5.16. The number of nitrogens with one attached hydrogen (secondary N) is 1. The third kappa shape index (κ3) is 5.59. The average molecular weight is 595 g/mol. The molecule has 1 amide bonds. The molecular formula is C17H15I2N3O5. The summed E-state index contributed by atoms with van der Waals surface area (Å²) in [6.45, 7) is 0.745. The van der Waals surface area contributed by atoms with Crippen molar-refractivity contribution in [2.75, 3.05) is 26.0 Å². The van der Waals surface area contributed by atoms with Gasteiger partial charge in [-0.05, 0) is 46.9 Å². The first-order valence-corrected chi connectivity index (χ1v) is 9.75. The number of aromatic nitrogens is 1. The van der Waals surface area contributed by atoms with E-state index in [0.29, 0.717) is 26.2 Å². The van der Waals surface area contributed by atoms with Crippen molar-refractivity contribution >= 4 is 68.6 Å². The standard InChI is InChI=1S/C17H15I2N3O5/c1-26-8-7-21-16(24)10-4-2-3-9(22-10)5-6-11(23)12-14(20)13(18)15(19)27-17(12)25/h2-6H,7-8,20H2,1H3,(H,21,24). The van der Waals surface area contributed by atoms with Crippen molar-refractivity contribution < 1.29 is 18.7 Å². The molecule has 2 heterocycles. The number of hydrogen-bond donors (Lipinski definition) is 2. The molecule has 2 aromatic heterocycles. The van der Waals surface area contributed by atoms with E-state index in [4.69, 9.17) is 14.9 Å². The molecule has 3 N–H and O–H groups in total. The molecular weight excluding hydrogens is 580 g/mol. The molecule has 2 rings (SSSR count). The zero-order valence-corrected chi connectivity index (χ0v) is 18.4. The smallest absolute Gasteiger partial charge is 0.350 e. The maximum atomic E-state index is 12.4. The van der Waals surface area contributed by atoms with Crippen LogP contribution in [0, 0.1) is 7.34 Å². The summed E-state index contributed by atoms with van der Waals surface area (Å²) in [4.78, 5) is 40.5. The fraction of sp³-hybridized carbons (Fsp3) is 0.176. The minimum absolute atomic E-state index is 0.0742. The predicted octanol–water partition coefficient (Wildman–Crippen LogP) is 2.10. The number of allylic oxidation sites excluding steroid dienone is 1. The number of halogens is 2. The number of methoxy groups -OCH3 is 1. The third-order valence-electron chi connectivity index (χ3n) is 3.31. The number of ether oxygens (including phenoxy) is 1. The highest BCUT2D eigenvalue weighted by molar-refractivity contribution is 14.1. The molecule has 0 unspecified atom stereocenters. The normalized spacial score (nSPS) is 10.9. The van der Waals surface area contributed by atoms with E-state index in [0.717, 1.165) is 0 Å². The molecule has 0 saturated heterocycles.